The third-order valence-corrected chi connectivity index (χ3v) is 10.2. The first-order chi connectivity index (χ1) is 18.0. The zero-order valence-corrected chi connectivity index (χ0v) is 23.5. The lowest BCUT2D eigenvalue weighted by Gasteiger charge is -2.55. The van der Waals surface area contributed by atoms with Crippen molar-refractivity contribution in [3.63, 3.8) is 0 Å². The molecule has 5 rings (SSSR count). The fraction of sp³-hybridized carbons (Fsp3) is 0.625. The molecule has 0 unspecified atom stereocenters. The molecule has 6 atom stereocenters. The molecule has 0 bridgehead atoms. The van der Waals surface area contributed by atoms with Gasteiger partial charge in [-0.2, -0.15) is 0 Å². The highest BCUT2D eigenvalue weighted by Gasteiger charge is 2.62. The molecule has 4 aliphatic carbocycles. The van der Waals surface area contributed by atoms with Crippen LogP contribution in [-0.4, -0.2) is 49.2 Å². The lowest BCUT2D eigenvalue weighted by molar-refractivity contribution is -0.146. The molecule has 2 fully saturated rings. The molecule has 0 heterocycles. The summed E-state index contributed by atoms with van der Waals surface area (Å²) < 4.78 is 5.33. The Morgan fingerprint density at radius 2 is 1.92 bits per heavy atom. The van der Waals surface area contributed by atoms with Gasteiger partial charge in [-0.3, -0.25) is 9.59 Å². The molecule has 206 valence electrons. The van der Waals surface area contributed by atoms with E-state index in [0.717, 1.165) is 38.5 Å². The van der Waals surface area contributed by atoms with E-state index in [1.165, 1.54) is 22.4 Å². The van der Waals surface area contributed by atoms with Crippen molar-refractivity contribution in [3.8, 4) is 0 Å². The number of fused-ring (bicyclic) bond motifs is 4. The zero-order chi connectivity index (χ0) is 27.2. The minimum atomic E-state index is -0.797. The Hall–Kier alpha value is -2.44. The van der Waals surface area contributed by atoms with E-state index in [1.807, 2.05) is 6.08 Å². The van der Waals surface area contributed by atoms with Crippen molar-refractivity contribution in [1.82, 2.24) is 0 Å². The summed E-state index contributed by atoms with van der Waals surface area (Å²) in [6.07, 6.45) is 9.31. The summed E-state index contributed by atoms with van der Waals surface area (Å²) >= 11 is 0. The standard InChI is InChI=1S/C32H44N2O4/c1-20(33)30(36)38-17-5-15-32(37)16-14-28-26-12-8-22-18-24(35)11-13-25(22)29(26)27(19-31(28,32)2)21-6-9-23(10-7-21)34(3)4/h6-7,9-10,18,20,26-28,37H,5,8,11-17,19,33H2,1-4H3/t20-,26-,27+,28-,31+,32+/m0/s1. The van der Waals surface area contributed by atoms with Gasteiger partial charge < -0.3 is 20.5 Å². The van der Waals surface area contributed by atoms with Crippen molar-refractivity contribution < 1.29 is 19.4 Å². The number of ether oxygens (including phenoxy) is 1. The van der Waals surface area contributed by atoms with E-state index in [1.54, 1.807) is 12.5 Å². The van der Waals surface area contributed by atoms with Gasteiger partial charge in [0.05, 0.1) is 12.2 Å². The number of benzene rings is 1. The lowest BCUT2D eigenvalue weighted by atomic mass is 9.51. The Morgan fingerprint density at radius 3 is 2.61 bits per heavy atom. The number of nitrogens with zero attached hydrogens (tertiary/aromatic N) is 1. The van der Waals surface area contributed by atoms with E-state index in [4.69, 9.17) is 10.5 Å². The topological polar surface area (TPSA) is 92.9 Å². The predicted octanol–water partition coefficient (Wildman–Crippen LogP) is 5.05. The van der Waals surface area contributed by atoms with E-state index in [2.05, 4.69) is 50.2 Å². The van der Waals surface area contributed by atoms with Gasteiger partial charge in [0.2, 0.25) is 0 Å². The number of hydrogen-bond donors (Lipinski definition) is 2. The van der Waals surface area contributed by atoms with Crippen LogP contribution >= 0.6 is 0 Å². The third-order valence-electron chi connectivity index (χ3n) is 10.2. The number of rotatable bonds is 7. The summed E-state index contributed by atoms with van der Waals surface area (Å²) in [6, 6.07) is 8.29. The first-order valence-electron chi connectivity index (χ1n) is 14.4. The number of esters is 1. The molecule has 0 amide bonds. The Bertz CT molecular complexity index is 1150. The molecule has 3 N–H and O–H groups in total. The monoisotopic (exact) mass is 520 g/mol. The van der Waals surface area contributed by atoms with Gasteiger partial charge in [-0.1, -0.05) is 24.6 Å². The van der Waals surface area contributed by atoms with Crippen molar-refractivity contribution in [1.29, 1.82) is 0 Å². The third kappa shape index (κ3) is 4.64. The van der Waals surface area contributed by atoms with Crippen LogP contribution in [0.2, 0.25) is 0 Å². The van der Waals surface area contributed by atoms with Gasteiger partial charge in [0.15, 0.2) is 5.78 Å². The molecule has 6 heteroatoms. The van der Waals surface area contributed by atoms with E-state index >= 15 is 0 Å². The number of aliphatic hydroxyl groups is 1. The molecule has 2 saturated carbocycles. The first-order valence-corrected chi connectivity index (χ1v) is 14.4. The molecule has 1 aromatic rings. The maximum absolute atomic E-state index is 12.3. The molecule has 38 heavy (non-hydrogen) atoms. The molecule has 0 radical (unpaired) electrons. The second-order valence-electron chi connectivity index (χ2n) is 12.6. The number of nitrogens with two attached hydrogens (primary N) is 1. The fourth-order valence-corrected chi connectivity index (χ4v) is 8.14. The second kappa shape index (κ2) is 10.3. The molecular weight excluding hydrogens is 476 g/mol. The van der Waals surface area contributed by atoms with Gasteiger partial charge in [0.25, 0.3) is 0 Å². The van der Waals surface area contributed by atoms with E-state index < -0.39 is 11.6 Å². The Kier molecular flexibility index (Phi) is 7.34. The average Bonchev–Trinajstić information content (AvgIpc) is 3.15. The molecule has 0 saturated heterocycles. The molecule has 0 spiro atoms. The van der Waals surface area contributed by atoms with Crippen LogP contribution in [0, 0.1) is 17.3 Å². The molecule has 1 aromatic carbocycles. The van der Waals surface area contributed by atoms with E-state index in [-0.39, 0.29) is 23.1 Å². The van der Waals surface area contributed by atoms with Gasteiger partial charge in [0.1, 0.15) is 6.04 Å². The SMILES string of the molecule is C[C@H](N)C(=O)OCCC[C@@]1(O)CC[C@H]2[C@@H]3CCC4=CC(=O)CCC4=C3[C@@H](c3ccc(N(C)C)cc3)C[C@]21C. The van der Waals surface area contributed by atoms with Crippen LogP contribution < -0.4 is 10.6 Å². The molecule has 4 aliphatic rings. The fourth-order valence-electron chi connectivity index (χ4n) is 8.14. The second-order valence-corrected chi connectivity index (χ2v) is 12.6. The summed E-state index contributed by atoms with van der Waals surface area (Å²) in [6.45, 7) is 4.24. The van der Waals surface area contributed by atoms with Gasteiger partial charge >= 0.3 is 5.97 Å². The van der Waals surface area contributed by atoms with Crippen LogP contribution in [-0.2, 0) is 14.3 Å². The van der Waals surface area contributed by atoms with Crippen molar-refractivity contribution in [2.45, 2.75) is 89.2 Å². The van der Waals surface area contributed by atoms with Crippen LogP contribution in [0.15, 0.2) is 47.1 Å². The molecule has 0 aliphatic heterocycles. The lowest BCUT2D eigenvalue weighted by Crippen LogP contribution is -2.51. The highest BCUT2D eigenvalue weighted by molar-refractivity contribution is 5.93. The van der Waals surface area contributed by atoms with Crippen LogP contribution in [0.3, 0.4) is 0 Å². The van der Waals surface area contributed by atoms with E-state index in [0.29, 0.717) is 37.7 Å². The summed E-state index contributed by atoms with van der Waals surface area (Å²) in [5, 5.41) is 12.2. The summed E-state index contributed by atoms with van der Waals surface area (Å²) in [5.41, 5.74) is 11.3. The number of anilines is 1. The largest absolute Gasteiger partial charge is 0.465 e. The van der Waals surface area contributed by atoms with Crippen LogP contribution in [0.5, 0.6) is 0 Å². The van der Waals surface area contributed by atoms with Crippen LogP contribution in [0.25, 0.3) is 0 Å². The van der Waals surface area contributed by atoms with Crippen molar-refractivity contribution >= 4 is 17.4 Å². The van der Waals surface area contributed by atoms with Crippen molar-refractivity contribution in [2.75, 3.05) is 25.6 Å². The highest BCUT2D eigenvalue weighted by atomic mass is 16.5. The minimum absolute atomic E-state index is 0.227. The number of carbonyl (C=O) groups excluding carboxylic acids is 2. The predicted molar refractivity (Wildman–Crippen MR) is 150 cm³/mol. The number of carbonyl (C=O) groups is 2. The minimum Gasteiger partial charge on any atom is -0.465 e. The number of ketones is 1. The maximum atomic E-state index is 12.3. The quantitative estimate of drug-likeness (QED) is 0.386. The summed E-state index contributed by atoms with van der Waals surface area (Å²) in [5.74, 6) is 0.940. The van der Waals surface area contributed by atoms with Gasteiger partial charge in [-0.15, -0.1) is 0 Å². The maximum Gasteiger partial charge on any atom is 0.322 e. The van der Waals surface area contributed by atoms with Gasteiger partial charge in [-0.05, 0) is 105 Å². The van der Waals surface area contributed by atoms with Crippen LogP contribution in [0.1, 0.15) is 83.1 Å². The molecule has 0 aromatic heterocycles. The Labute approximate surface area is 227 Å². The number of hydrogen-bond acceptors (Lipinski definition) is 6. The normalized spacial score (nSPS) is 33.2. The van der Waals surface area contributed by atoms with Crippen molar-refractivity contribution in [2.24, 2.45) is 23.0 Å². The average molecular weight is 521 g/mol. The zero-order valence-electron chi connectivity index (χ0n) is 23.5. The number of allylic oxidation sites excluding steroid dienone is 4. The smallest absolute Gasteiger partial charge is 0.322 e. The molecular formula is C32H44N2O4. The molecule has 6 nitrogen and oxygen atoms in total. The summed E-state index contributed by atoms with van der Waals surface area (Å²) in [4.78, 5) is 26.2. The Morgan fingerprint density at radius 1 is 1.18 bits per heavy atom. The Balaban J connectivity index is 1.49. The van der Waals surface area contributed by atoms with Gasteiger partial charge in [0, 0.05) is 37.5 Å². The highest BCUT2D eigenvalue weighted by Crippen LogP contribution is 2.67. The van der Waals surface area contributed by atoms with E-state index in [9.17, 15) is 14.7 Å². The van der Waals surface area contributed by atoms with Gasteiger partial charge in [-0.25, -0.2) is 0 Å². The van der Waals surface area contributed by atoms with Crippen LogP contribution in [0.4, 0.5) is 5.69 Å². The first kappa shape index (κ1) is 27.1. The summed E-state index contributed by atoms with van der Waals surface area (Å²) in [7, 11) is 4.12. The van der Waals surface area contributed by atoms with Crippen molar-refractivity contribution in [3.05, 3.63) is 52.6 Å².